The molecule has 2 saturated heterocycles. The molecule has 0 aliphatic carbocycles. The predicted octanol–water partition coefficient (Wildman–Crippen LogP) is 1.88. The Balaban J connectivity index is 1.49. The summed E-state index contributed by atoms with van der Waals surface area (Å²) in [6, 6.07) is -1.01. The van der Waals surface area contributed by atoms with Crippen LogP contribution in [-0.2, 0) is 38.1 Å². The number of fused-ring (bicyclic) bond motifs is 1. The summed E-state index contributed by atoms with van der Waals surface area (Å²) in [6.45, 7) is 8.56. The Morgan fingerprint density at radius 2 is 2.07 bits per heavy atom. The second kappa shape index (κ2) is 12.8. The lowest BCUT2D eigenvalue weighted by Crippen LogP contribution is -2.71. The van der Waals surface area contributed by atoms with Gasteiger partial charge in [-0.2, -0.15) is 0 Å². The zero-order valence-corrected chi connectivity index (χ0v) is 26.2. The van der Waals surface area contributed by atoms with E-state index in [1.54, 1.807) is 20.8 Å². The molecule has 3 aliphatic rings. The zero-order valence-electron chi connectivity index (χ0n) is 23.7. The number of anilines is 1. The zero-order chi connectivity index (χ0) is 30.8. The molecule has 3 aliphatic heterocycles. The summed E-state index contributed by atoms with van der Waals surface area (Å²) in [7, 11) is 0. The third kappa shape index (κ3) is 7.19. The number of carbonyl (C=O) groups excluding carboxylic acids is 4. The number of hydrogen-bond donors (Lipinski definition) is 3. The van der Waals surface area contributed by atoms with Gasteiger partial charge in [-0.25, -0.2) is 9.78 Å². The summed E-state index contributed by atoms with van der Waals surface area (Å²) < 4.78 is 21.9. The first-order valence-electron chi connectivity index (χ1n) is 12.9. The van der Waals surface area contributed by atoms with Crippen molar-refractivity contribution in [1.29, 1.82) is 0 Å². The van der Waals surface area contributed by atoms with E-state index in [9.17, 15) is 24.4 Å². The van der Waals surface area contributed by atoms with Crippen LogP contribution in [0.5, 0.6) is 0 Å². The molecule has 0 aromatic carbocycles. The van der Waals surface area contributed by atoms with Gasteiger partial charge in [-0.3, -0.25) is 19.3 Å². The van der Waals surface area contributed by atoms with E-state index in [1.165, 1.54) is 33.8 Å². The van der Waals surface area contributed by atoms with Crippen LogP contribution in [0.15, 0.2) is 21.1 Å². The monoisotopic (exact) mass is 643 g/mol. The molecule has 0 bridgehead atoms. The quantitative estimate of drug-likeness (QED) is 0.0883. The summed E-state index contributed by atoms with van der Waals surface area (Å²) in [5, 5.41) is 16.0. The molecule has 42 heavy (non-hydrogen) atoms. The molecular weight excluding hydrogens is 611 g/mol. The van der Waals surface area contributed by atoms with E-state index in [0.29, 0.717) is 29.4 Å². The lowest BCUT2D eigenvalue weighted by molar-refractivity contribution is -0.267. The fraction of sp³-hybridized carbons (Fsp3) is 0.600. The van der Waals surface area contributed by atoms with E-state index in [-0.39, 0.29) is 22.6 Å². The van der Waals surface area contributed by atoms with Crippen molar-refractivity contribution in [2.75, 3.05) is 30.6 Å². The third-order valence-corrected chi connectivity index (χ3v) is 9.63. The van der Waals surface area contributed by atoms with E-state index in [4.69, 9.17) is 24.7 Å². The van der Waals surface area contributed by atoms with Gasteiger partial charge in [0.05, 0.1) is 18.1 Å². The van der Waals surface area contributed by atoms with Crippen LogP contribution < -0.4 is 11.1 Å². The van der Waals surface area contributed by atoms with Gasteiger partial charge in [0.15, 0.2) is 16.6 Å². The maximum Gasteiger partial charge on any atom is 0.358 e. The number of ether oxygens (including phenoxy) is 4. The highest BCUT2D eigenvalue weighted by Gasteiger charge is 2.55. The van der Waals surface area contributed by atoms with Gasteiger partial charge >= 0.3 is 11.9 Å². The second-order valence-electron chi connectivity index (χ2n) is 11.0. The maximum absolute atomic E-state index is 13.3. The van der Waals surface area contributed by atoms with Gasteiger partial charge in [-0.15, -0.1) is 34.9 Å². The highest BCUT2D eigenvalue weighted by molar-refractivity contribution is 8.06. The number of rotatable bonds is 9. The first-order valence-corrected chi connectivity index (χ1v) is 15.8. The molecule has 4 N–H and O–H groups in total. The van der Waals surface area contributed by atoms with Gasteiger partial charge < -0.3 is 35.2 Å². The number of β-lactam (4-membered cyclic amide) rings is 1. The predicted molar refractivity (Wildman–Crippen MR) is 155 cm³/mol. The maximum atomic E-state index is 13.3. The van der Waals surface area contributed by atoms with Crippen LogP contribution in [0.25, 0.3) is 0 Å². The number of oxime groups is 1. The number of thiazole rings is 1. The Bertz CT molecular complexity index is 1310. The van der Waals surface area contributed by atoms with E-state index >= 15 is 0 Å². The molecule has 0 spiro atoms. The van der Waals surface area contributed by atoms with Gasteiger partial charge in [0.2, 0.25) is 6.79 Å². The van der Waals surface area contributed by atoms with E-state index in [1.807, 2.05) is 13.8 Å². The second-order valence-corrected chi connectivity index (χ2v) is 14.1. The molecule has 1 aromatic rings. The molecule has 17 heteroatoms. The van der Waals surface area contributed by atoms with Crippen LogP contribution in [0, 0.1) is 5.41 Å². The van der Waals surface area contributed by atoms with Gasteiger partial charge in [0, 0.05) is 21.8 Å². The molecule has 4 rings (SSSR count). The van der Waals surface area contributed by atoms with Crippen LogP contribution >= 0.6 is 34.9 Å². The summed E-state index contributed by atoms with van der Waals surface area (Å²) in [4.78, 5) is 57.4. The molecular formula is C25H33N5O9S3. The average molecular weight is 644 g/mol. The Labute approximate surface area is 254 Å². The molecule has 2 unspecified atom stereocenters. The van der Waals surface area contributed by atoms with E-state index < -0.39 is 58.9 Å². The number of nitrogen functional groups attached to an aromatic ring is 1. The highest BCUT2D eigenvalue weighted by atomic mass is 32.2. The molecule has 3 atom stereocenters. The number of thioether (sulfide) groups is 2. The van der Waals surface area contributed by atoms with Gasteiger partial charge in [0.25, 0.3) is 11.8 Å². The van der Waals surface area contributed by atoms with Gasteiger partial charge in [-0.05, 0) is 41.0 Å². The van der Waals surface area contributed by atoms with Crippen LogP contribution in [0.2, 0.25) is 0 Å². The van der Waals surface area contributed by atoms with Crippen molar-refractivity contribution in [1.82, 2.24) is 15.2 Å². The van der Waals surface area contributed by atoms with Crippen LogP contribution in [0.4, 0.5) is 5.13 Å². The van der Waals surface area contributed by atoms with E-state index in [2.05, 4.69) is 15.5 Å². The van der Waals surface area contributed by atoms with Crippen LogP contribution in [0.1, 0.15) is 46.7 Å². The molecule has 230 valence electrons. The van der Waals surface area contributed by atoms with Crippen molar-refractivity contribution < 1.29 is 43.3 Å². The van der Waals surface area contributed by atoms with Gasteiger partial charge in [0.1, 0.15) is 22.8 Å². The fourth-order valence-corrected chi connectivity index (χ4v) is 7.39. The first kappa shape index (κ1) is 32.1. The fourth-order valence-electron chi connectivity index (χ4n) is 4.17. The number of nitrogens with one attached hydrogen (secondary N) is 1. The summed E-state index contributed by atoms with van der Waals surface area (Å²) in [5.74, 6) is -2.68. The smallest absolute Gasteiger partial charge is 0.358 e. The lowest BCUT2D eigenvalue weighted by atomic mass is 9.98. The Morgan fingerprint density at radius 3 is 2.69 bits per heavy atom. The largest absolute Gasteiger partial charge is 0.427 e. The van der Waals surface area contributed by atoms with E-state index in [0.717, 1.165) is 11.3 Å². The summed E-state index contributed by atoms with van der Waals surface area (Å²) in [6.07, 6.45) is 0.520. The lowest BCUT2D eigenvalue weighted by Gasteiger charge is -2.49. The Hall–Kier alpha value is -2.86. The van der Waals surface area contributed by atoms with Crippen molar-refractivity contribution in [2.45, 2.75) is 64.3 Å². The number of nitrogens with zero attached hydrogens (tertiary/aromatic N) is 3. The minimum absolute atomic E-state index is 0.0145. The van der Waals surface area contributed by atoms with Crippen LogP contribution in [0.3, 0.4) is 0 Å². The average Bonchev–Trinajstić information content (AvgIpc) is 3.34. The molecule has 1 aromatic heterocycles. The summed E-state index contributed by atoms with van der Waals surface area (Å²) in [5.41, 5.74) is 4.49. The third-order valence-electron chi connectivity index (χ3n) is 6.27. The van der Waals surface area contributed by atoms with Crippen molar-refractivity contribution >= 4 is 69.5 Å². The van der Waals surface area contributed by atoms with Crippen molar-refractivity contribution in [3.63, 3.8) is 0 Å². The minimum atomic E-state index is -1.01. The van der Waals surface area contributed by atoms with Gasteiger partial charge in [-0.1, -0.05) is 5.16 Å². The van der Waals surface area contributed by atoms with Crippen molar-refractivity contribution in [3.05, 3.63) is 21.7 Å². The molecule has 2 amide bonds. The number of hydrogen-bond acceptors (Lipinski definition) is 15. The number of nitrogens with two attached hydrogens (primary N) is 1. The first-order chi connectivity index (χ1) is 19.7. The minimum Gasteiger partial charge on any atom is -0.427 e. The topological polar surface area (TPSA) is 192 Å². The highest BCUT2D eigenvalue weighted by Crippen LogP contribution is 2.44. The Morgan fingerprint density at radius 1 is 1.33 bits per heavy atom. The number of carbonyl (C=O) groups is 4. The standard InChI is InChI=1S/C25H33N5O9S3/c1-24(2,3)22(34)37-11-36-21(33)17-14(40-8-12-6-7-38-25(4,5)39-12)10-41-20-16(19(32)30(17)20)28-18(31)15(29-35)13-9-42-23(26)27-13/h9,12,16,20,35H,6-8,10-11H2,1-5H3,(H2,26,27)(H,28,31)/b29-15-/t12?,16?,20-/m0/s1. The molecule has 0 saturated carbocycles. The SMILES string of the molecule is CC1(C)OCCC(CSC2=C(C(=O)OCOC(=O)C(C)(C)C)N3C(=O)C(NC(=O)/C(=N\O)c4csc(N)n4)[C@@H]3SC2)O1. The van der Waals surface area contributed by atoms with Crippen LogP contribution in [-0.4, -0.2) is 92.8 Å². The summed E-state index contributed by atoms with van der Waals surface area (Å²) >= 11 is 3.78. The normalized spacial score (nSPS) is 24.0. The number of amides is 2. The van der Waals surface area contributed by atoms with Crippen molar-refractivity contribution in [3.8, 4) is 0 Å². The molecule has 4 heterocycles. The molecule has 2 fully saturated rings. The van der Waals surface area contributed by atoms with Crippen molar-refractivity contribution in [2.24, 2.45) is 10.6 Å². The molecule has 14 nitrogen and oxygen atoms in total. The Kier molecular flexibility index (Phi) is 9.76. The molecule has 0 radical (unpaired) electrons. The number of aromatic nitrogens is 1. The number of esters is 2.